The Hall–Kier alpha value is -4.64. The summed E-state index contributed by atoms with van der Waals surface area (Å²) in [6.07, 6.45) is -0.361. The number of carbonyl (C=O) groups is 2. The van der Waals surface area contributed by atoms with Crippen LogP contribution >= 0.6 is 0 Å². The van der Waals surface area contributed by atoms with Crippen molar-refractivity contribution in [3.8, 4) is 5.69 Å². The second-order valence-corrected chi connectivity index (χ2v) is 8.40. The number of benzene rings is 3. The summed E-state index contributed by atoms with van der Waals surface area (Å²) >= 11 is 0. The van der Waals surface area contributed by atoms with Gasteiger partial charge in [0.1, 0.15) is 5.52 Å². The van der Waals surface area contributed by atoms with E-state index in [0.29, 0.717) is 33.4 Å². The van der Waals surface area contributed by atoms with Crippen LogP contribution in [-0.2, 0) is 27.4 Å². The van der Waals surface area contributed by atoms with Crippen LogP contribution in [0.15, 0.2) is 60.7 Å². The molecule has 3 N–H and O–H groups in total. The Labute approximate surface area is 202 Å². The first-order valence-electron chi connectivity index (χ1n) is 10.9. The summed E-state index contributed by atoms with van der Waals surface area (Å²) in [7, 11) is 0. The van der Waals surface area contributed by atoms with Crippen LogP contribution in [0, 0.1) is 12.7 Å². The first kappa shape index (κ1) is 23.1. The van der Waals surface area contributed by atoms with Crippen LogP contribution in [0.1, 0.15) is 16.8 Å². The third-order valence-electron chi connectivity index (χ3n) is 5.96. The van der Waals surface area contributed by atoms with Gasteiger partial charge in [0.25, 0.3) is 5.60 Å². The molecule has 0 spiro atoms. The third-order valence-corrected chi connectivity index (χ3v) is 5.96. The Balaban J connectivity index is 1.45. The zero-order valence-corrected chi connectivity index (χ0v) is 19.0. The lowest BCUT2D eigenvalue weighted by Crippen LogP contribution is -2.51. The van der Waals surface area contributed by atoms with Gasteiger partial charge in [0.15, 0.2) is 5.82 Å². The first-order valence-corrected chi connectivity index (χ1v) is 10.9. The van der Waals surface area contributed by atoms with Crippen molar-refractivity contribution in [2.75, 3.05) is 0 Å². The molecule has 2 aromatic heterocycles. The predicted octanol–water partition coefficient (Wildman–Crippen LogP) is 3.41. The number of fused-ring (bicyclic) bond motifs is 2. The molecular formula is C25H20FN5O5. The smallest absolute Gasteiger partial charge is 0.348 e. The van der Waals surface area contributed by atoms with Crippen LogP contribution in [0.3, 0.4) is 0 Å². The standard InChI is InChI=1S/C25H20FN5O5/c1-14-9-18(26)22-21(10-14)31(30-29-22)16-7-8-17-19(11-16)27-28-20(17)13-36-25(23(32)33,24(34)35)12-15-5-3-2-4-6-15/h2-11H,12-13H2,1H3,(H,27,28)(H,32,33)(H,34,35). The van der Waals surface area contributed by atoms with Crippen LogP contribution in [0.25, 0.3) is 27.6 Å². The van der Waals surface area contributed by atoms with Gasteiger partial charge >= 0.3 is 11.9 Å². The highest BCUT2D eigenvalue weighted by Crippen LogP contribution is 2.26. The molecule has 182 valence electrons. The number of hydrogen-bond donors (Lipinski definition) is 3. The van der Waals surface area contributed by atoms with E-state index in [9.17, 15) is 24.2 Å². The number of ether oxygens (including phenoxy) is 1. The lowest BCUT2D eigenvalue weighted by Gasteiger charge is -2.25. The van der Waals surface area contributed by atoms with Crippen molar-refractivity contribution in [1.82, 2.24) is 25.2 Å². The van der Waals surface area contributed by atoms with Crippen molar-refractivity contribution in [3.63, 3.8) is 0 Å². The van der Waals surface area contributed by atoms with Gasteiger partial charge in [-0.1, -0.05) is 35.5 Å². The van der Waals surface area contributed by atoms with Crippen molar-refractivity contribution in [2.24, 2.45) is 0 Å². The lowest BCUT2D eigenvalue weighted by atomic mass is 9.94. The van der Waals surface area contributed by atoms with Gasteiger partial charge < -0.3 is 14.9 Å². The number of H-pyrrole nitrogens is 1. The fraction of sp³-hybridized carbons (Fsp3) is 0.160. The van der Waals surface area contributed by atoms with E-state index in [1.807, 2.05) is 0 Å². The van der Waals surface area contributed by atoms with Gasteiger partial charge in [0.2, 0.25) is 0 Å². The highest BCUT2D eigenvalue weighted by atomic mass is 19.1. The molecule has 0 aliphatic rings. The fourth-order valence-corrected chi connectivity index (χ4v) is 4.10. The Morgan fingerprint density at radius 3 is 2.56 bits per heavy atom. The van der Waals surface area contributed by atoms with E-state index in [-0.39, 0.29) is 18.5 Å². The van der Waals surface area contributed by atoms with Gasteiger partial charge in [-0.3, -0.25) is 5.10 Å². The SMILES string of the molecule is Cc1cc(F)c2nnn(-c3ccc4c(COC(Cc5ccccc5)(C(=O)O)C(=O)O)n[nH]c4c3)c2c1. The zero-order chi connectivity index (χ0) is 25.4. The molecule has 0 bridgehead atoms. The summed E-state index contributed by atoms with van der Waals surface area (Å²) in [6, 6.07) is 16.7. The molecule has 3 aromatic carbocycles. The van der Waals surface area contributed by atoms with Crippen LogP contribution in [0.2, 0.25) is 0 Å². The number of hydrogen-bond acceptors (Lipinski definition) is 6. The molecule has 0 unspecified atom stereocenters. The highest BCUT2D eigenvalue weighted by Gasteiger charge is 2.48. The summed E-state index contributed by atoms with van der Waals surface area (Å²) in [5.74, 6) is -3.68. The van der Waals surface area contributed by atoms with Gasteiger partial charge in [0.05, 0.1) is 29.0 Å². The molecule has 0 amide bonds. The number of nitrogens with zero attached hydrogens (tertiary/aromatic N) is 4. The summed E-state index contributed by atoms with van der Waals surface area (Å²) in [6.45, 7) is 1.41. The van der Waals surface area contributed by atoms with Crippen LogP contribution in [-0.4, -0.2) is 52.9 Å². The molecule has 0 aliphatic carbocycles. The average Bonchev–Trinajstić information content (AvgIpc) is 3.46. The molecule has 11 heteroatoms. The van der Waals surface area contributed by atoms with Crippen molar-refractivity contribution in [1.29, 1.82) is 0 Å². The van der Waals surface area contributed by atoms with Gasteiger partial charge in [0, 0.05) is 11.8 Å². The highest BCUT2D eigenvalue weighted by molar-refractivity contribution is 6.02. The molecule has 0 aliphatic heterocycles. The molecule has 5 aromatic rings. The fourth-order valence-electron chi connectivity index (χ4n) is 4.10. The van der Waals surface area contributed by atoms with Crippen LogP contribution in [0.4, 0.5) is 4.39 Å². The van der Waals surface area contributed by atoms with E-state index >= 15 is 0 Å². The average molecular weight is 489 g/mol. The van der Waals surface area contributed by atoms with E-state index in [4.69, 9.17) is 4.74 Å². The molecule has 0 fully saturated rings. The van der Waals surface area contributed by atoms with Gasteiger partial charge in [-0.25, -0.2) is 18.7 Å². The summed E-state index contributed by atoms with van der Waals surface area (Å²) in [5.41, 5.74) is 0.894. The second-order valence-electron chi connectivity index (χ2n) is 8.40. The molecule has 0 saturated carbocycles. The quantitative estimate of drug-likeness (QED) is 0.281. The van der Waals surface area contributed by atoms with Crippen LogP contribution < -0.4 is 0 Å². The molecule has 0 saturated heterocycles. The molecule has 5 rings (SSSR count). The number of aromatic amines is 1. The number of rotatable bonds is 8. The van der Waals surface area contributed by atoms with E-state index in [1.54, 1.807) is 61.5 Å². The predicted molar refractivity (Wildman–Crippen MR) is 126 cm³/mol. The summed E-state index contributed by atoms with van der Waals surface area (Å²) in [4.78, 5) is 24.1. The number of aryl methyl sites for hydroxylation is 1. The summed E-state index contributed by atoms with van der Waals surface area (Å²) < 4.78 is 21.3. The number of halogens is 1. The van der Waals surface area contributed by atoms with Crippen molar-refractivity contribution in [3.05, 3.63) is 83.3 Å². The number of aliphatic carboxylic acids is 2. The maximum absolute atomic E-state index is 14.2. The van der Waals surface area contributed by atoms with Gasteiger partial charge in [-0.05, 0) is 48.4 Å². The van der Waals surface area contributed by atoms with E-state index in [2.05, 4.69) is 20.5 Å². The normalized spacial score (nSPS) is 11.8. The minimum Gasteiger partial charge on any atom is -0.479 e. The number of nitrogens with one attached hydrogen (secondary N) is 1. The van der Waals surface area contributed by atoms with Crippen LogP contribution in [0.5, 0.6) is 0 Å². The monoisotopic (exact) mass is 489 g/mol. The Morgan fingerprint density at radius 1 is 1.08 bits per heavy atom. The van der Waals surface area contributed by atoms with E-state index < -0.39 is 23.4 Å². The third kappa shape index (κ3) is 3.95. The van der Waals surface area contributed by atoms with Crippen molar-refractivity contribution in [2.45, 2.75) is 25.6 Å². The molecule has 36 heavy (non-hydrogen) atoms. The minimum absolute atomic E-state index is 0.150. The Kier molecular flexibility index (Phi) is 5.69. The van der Waals surface area contributed by atoms with Crippen molar-refractivity contribution >= 4 is 33.9 Å². The largest absolute Gasteiger partial charge is 0.479 e. The number of carboxylic acid groups (broad SMARTS) is 2. The molecule has 2 heterocycles. The minimum atomic E-state index is -2.49. The summed E-state index contributed by atoms with van der Waals surface area (Å²) in [5, 5.41) is 35.2. The number of carboxylic acids is 2. The molecule has 0 radical (unpaired) electrons. The zero-order valence-electron chi connectivity index (χ0n) is 19.0. The first-order chi connectivity index (χ1) is 17.3. The molecular weight excluding hydrogens is 469 g/mol. The topological polar surface area (TPSA) is 143 Å². The molecule has 10 nitrogen and oxygen atoms in total. The van der Waals surface area contributed by atoms with E-state index in [1.165, 1.54) is 10.7 Å². The van der Waals surface area contributed by atoms with E-state index in [0.717, 1.165) is 5.56 Å². The lowest BCUT2D eigenvalue weighted by molar-refractivity contribution is -0.185. The van der Waals surface area contributed by atoms with Crippen molar-refractivity contribution < 1.29 is 28.9 Å². The second kappa shape index (κ2) is 8.86. The maximum atomic E-state index is 14.2. The Bertz CT molecular complexity index is 1600. The van der Waals surface area contributed by atoms with Gasteiger partial charge in [-0.2, -0.15) is 5.10 Å². The maximum Gasteiger partial charge on any atom is 0.348 e. The number of aromatic nitrogens is 5. The Morgan fingerprint density at radius 2 is 1.83 bits per heavy atom. The van der Waals surface area contributed by atoms with Gasteiger partial charge in [-0.15, -0.1) is 5.10 Å². The molecule has 0 atom stereocenters.